The molecule has 0 bridgehead atoms. The van der Waals surface area contributed by atoms with Crippen molar-refractivity contribution in [2.24, 2.45) is 10.8 Å². The molecule has 8 nitrogen and oxygen atoms in total. The molecule has 0 radical (unpaired) electrons. The summed E-state index contributed by atoms with van der Waals surface area (Å²) in [5, 5.41) is 0. The number of hydrogen-bond acceptors (Lipinski definition) is 8. The van der Waals surface area contributed by atoms with Gasteiger partial charge in [-0.05, 0) is 20.3 Å². The molecular formula is C20H30O8. The van der Waals surface area contributed by atoms with Crippen molar-refractivity contribution in [1.82, 2.24) is 0 Å². The molecule has 158 valence electrons. The smallest absolute Gasteiger partial charge is 0.330 e. The molecule has 0 N–H and O–H groups in total. The molecule has 28 heavy (non-hydrogen) atoms. The minimum atomic E-state index is -1.00. The summed E-state index contributed by atoms with van der Waals surface area (Å²) in [7, 11) is 0. The van der Waals surface area contributed by atoms with Crippen LogP contribution in [-0.4, -0.2) is 50.3 Å². The first-order chi connectivity index (χ1) is 13.0. The fraction of sp³-hybridized carbons (Fsp3) is 0.600. The number of ether oxygens (including phenoxy) is 4. The van der Waals surface area contributed by atoms with Crippen LogP contribution in [0.5, 0.6) is 0 Å². The van der Waals surface area contributed by atoms with Gasteiger partial charge in [0.05, 0.1) is 11.8 Å². The van der Waals surface area contributed by atoms with Gasteiger partial charge in [0.2, 0.25) is 0 Å². The molecule has 0 heterocycles. The quantitative estimate of drug-likeness (QED) is 0.201. The van der Waals surface area contributed by atoms with Crippen LogP contribution in [0.4, 0.5) is 0 Å². The Kier molecular flexibility index (Phi) is 10.8. The van der Waals surface area contributed by atoms with Crippen molar-refractivity contribution in [3.8, 4) is 0 Å². The summed E-state index contributed by atoms with van der Waals surface area (Å²) in [6.45, 7) is 13.0. The minimum Gasteiger partial charge on any atom is -0.462 e. The van der Waals surface area contributed by atoms with E-state index in [0.717, 1.165) is 12.2 Å². The molecule has 0 aliphatic carbocycles. The van der Waals surface area contributed by atoms with Crippen LogP contribution >= 0.6 is 0 Å². The minimum absolute atomic E-state index is 0.0678. The van der Waals surface area contributed by atoms with Crippen molar-refractivity contribution < 1.29 is 38.1 Å². The van der Waals surface area contributed by atoms with Gasteiger partial charge in [0, 0.05) is 17.6 Å². The van der Waals surface area contributed by atoms with Crippen molar-refractivity contribution in [2.75, 3.05) is 26.4 Å². The van der Waals surface area contributed by atoms with Gasteiger partial charge >= 0.3 is 23.9 Å². The zero-order valence-electron chi connectivity index (χ0n) is 17.1. The van der Waals surface area contributed by atoms with E-state index in [1.807, 2.05) is 6.92 Å². The monoisotopic (exact) mass is 398 g/mol. The summed E-state index contributed by atoms with van der Waals surface area (Å²) in [6, 6.07) is 0. The summed E-state index contributed by atoms with van der Waals surface area (Å²) in [6.07, 6.45) is 2.41. The lowest BCUT2D eigenvalue weighted by Gasteiger charge is -2.27. The predicted octanol–water partition coefficient (Wildman–Crippen LogP) is 2.36. The van der Waals surface area contributed by atoms with E-state index in [2.05, 4.69) is 13.2 Å². The third-order valence-electron chi connectivity index (χ3n) is 4.05. The zero-order chi connectivity index (χ0) is 21.8. The molecular weight excluding hydrogens is 368 g/mol. The number of carbonyl (C=O) groups excluding carboxylic acids is 4. The zero-order valence-corrected chi connectivity index (χ0v) is 17.1. The van der Waals surface area contributed by atoms with Crippen LogP contribution in [0.1, 0.15) is 40.5 Å². The Hall–Kier alpha value is -2.64. The summed E-state index contributed by atoms with van der Waals surface area (Å²) in [5.74, 6) is -2.32. The first kappa shape index (κ1) is 25.4. The maximum atomic E-state index is 12.1. The third-order valence-corrected chi connectivity index (χ3v) is 4.05. The molecule has 0 aliphatic rings. The van der Waals surface area contributed by atoms with E-state index >= 15 is 0 Å². The fourth-order valence-corrected chi connectivity index (χ4v) is 1.78. The fourth-order valence-electron chi connectivity index (χ4n) is 1.78. The van der Waals surface area contributed by atoms with Crippen LogP contribution < -0.4 is 0 Å². The van der Waals surface area contributed by atoms with Crippen molar-refractivity contribution in [2.45, 2.75) is 40.5 Å². The molecule has 0 atom stereocenters. The van der Waals surface area contributed by atoms with Crippen LogP contribution in [0, 0.1) is 10.8 Å². The van der Waals surface area contributed by atoms with Crippen LogP contribution in [-0.2, 0) is 38.1 Å². The number of rotatable bonds is 13. The first-order valence-corrected chi connectivity index (χ1v) is 8.91. The highest BCUT2D eigenvalue weighted by Gasteiger charge is 2.32. The molecule has 0 spiro atoms. The Balaban J connectivity index is 4.62. The lowest BCUT2D eigenvalue weighted by Crippen LogP contribution is -2.34. The standard InChI is InChI=1S/C20H30O8/c1-7-15(21)27-13-20(6,14-28-16(22)8-2)12-17(23)25-10-11-26-18(24)19(4,5)9-3/h7-8H,1-2,9-14H2,3-6H3. The van der Waals surface area contributed by atoms with Gasteiger partial charge in [0.1, 0.15) is 26.4 Å². The van der Waals surface area contributed by atoms with Crippen LogP contribution in [0.3, 0.4) is 0 Å². The average molecular weight is 398 g/mol. The van der Waals surface area contributed by atoms with E-state index < -0.39 is 28.7 Å². The number of hydrogen-bond donors (Lipinski definition) is 0. The SMILES string of the molecule is C=CC(=O)OCC(C)(COC(=O)C=C)CC(=O)OCCOC(=O)C(C)(C)CC. The van der Waals surface area contributed by atoms with E-state index in [4.69, 9.17) is 18.9 Å². The molecule has 0 rings (SSSR count). The van der Waals surface area contributed by atoms with Gasteiger partial charge < -0.3 is 18.9 Å². The van der Waals surface area contributed by atoms with Gasteiger partial charge in [-0.25, -0.2) is 9.59 Å². The van der Waals surface area contributed by atoms with Crippen LogP contribution in [0.25, 0.3) is 0 Å². The van der Waals surface area contributed by atoms with Gasteiger partial charge in [-0.15, -0.1) is 0 Å². The average Bonchev–Trinajstić information content (AvgIpc) is 2.67. The Morgan fingerprint density at radius 1 is 0.821 bits per heavy atom. The third kappa shape index (κ3) is 9.89. The first-order valence-electron chi connectivity index (χ1n) is 8.91. The van der Waals surface area contributed by atoms with Gasteiger partial charge in [-0.1, -0.05) is 27.0 Å². The Morgan fingerprint density at radius 2 is 1.29 bits per heavy atom. The maximum Gasteiger partial charge on any atom is 0.330 e. The van der Waals surface area contributed by atoms with Crippen LogP contribution in [0.2, 0.25) is 0 Å². The Morgan fingerprint density at radius 3 is 1.71 bits per heavy atom. The van der Waals surface area contributed by atoms with Gasteiger partial charge in [0.25, 0.3) is 0 Å². The summed E-state index contributed by atoms with van der Waals surface area (Å²) in [4.78, 5) is 46.5. The molecule has 0 aliphatic heterocycles. The largest absolute Gasteiger partial charge is 0.462 e. The van der Waals surface area contributed by atoms with E-state index in [1.54, 1.807) is 20.8 Å². The molecule has 0 saturated carbocycles. The van der Waals surface area contributed by atoms with Gasteiger partial charge in [0.15, 0.2) is 0 Å². The topological polar surface area (TPSA) is 105 Å². The Labute approximate surface area is 165 Å². The van der Waals surface area contributed by atoms with Crippen LogP contribution in [0.15, 0.2) is 25.3 Å². The normalized spacial score (nSPS) is 11.1. The summed E-state index contributed by atoms with van der Waals surface area (Å²) < 4.78 is 20.1. The highest BCUT2D eigenvalue weighted by Crippen LogP contribution is 2.24. The second kappa shape index (κ2) is 11.9. The summed E-state index contributed by atoms with van der Waals surface area (Å²) >= 11 is 0. The van der Waals surface area contributed by atoms with Gasteiger partial charge in [-0.3, -0.25) is 9.59 Å². The number of carbonyl (C=O) groups is 4. The van der Waals surface area contributed by atoms with E-state index in [0.29, 0.717) is 6.42 Å². The van der Waals surface area contributed by atoms with Crippen molar-refractivity contribution in [3.63, 3.8) is 0 Å². The molecule has 0 fully saturated rings. The highest BCUT2D eigenvalue weighted by atomic mass is 16.6. The second-order valence-electron chi connectivity index (χ2n) is 7.20. The molecule has 0 aromatic heterocycles. The predicted molar refractivity (Wildman–Crippen MR) is 101 cm³/mol. The summed E-state index contributed by atoms with van der Waals surface area (Å²) in [5.41, 5.74) is -1.61. The van der Waals surface area contributed by atoms with E-state index in [9.17, 15) is 19.2 Å². The van der Waals surface area contributed by atoms with Crippen molar-refractivity contribution in [3.05, 3.63) is 25.3 Å². The molecule has 0 unspecified atom stereocenters. The molecule has 0 aromatic carbocycles. The number of esters is 4. The maximum absolute atomic E-state index is 12.1. The molecule has 8 heteroatoms. The molecule has 0 amide bonds. The Bertz CT molecular complexity index is 567. The molecule has 0 aromatic rings. The lowest BCUT2D eigenvalue weighted by molar-refractivity contribution is -0.162. The second-order valence-corrected chi connectivity index (χ2v) is 7.20. The van der Waals surface area contributed by atoms with E-state index in [1.165, 1.54) is 0 Å². The molecule has 0 saturated heterocycles. The van der Waals surface area contributed by atoms with Crippen molar-refractivity contribution >= 4 is 23.9 Å². The van der Waals surface area contributed by atoms with Gasteiger partial charge in [-0.2, -0.15) is 0 Å². The van der Waals surface area contributed by atoms with Crippen molar-refractivity contribution in [1.29, 1.82) is 0 Å². The lowest BCUT2D eigenvalue weighted by atomic mass is 9.89. The van der Waals surface area contributed by atoms with E-state index in [-0.39, 0.29) is 38.8 Å². The highest BCUT2D eigenvalue weighted by molar-refractivity contribution is 5.82.